The second-order valence-corrected chi connectivity index (χ2v) is 11.9. The van der Waals surface area contributed by atoms with E-state index in [4.69, 9.17) is 4.74 Å². The molecule has 0 saturated heterocycles. The number of amides is 3. The summed E-state index contributed by atoms with van der Waals surface area (Å²) < 4.78 is 5.44. The molecule has 0 aliphatic heterocycles. The standard InChI is InChI=1S/C32H39N3O5/c1-19(2)27(34-31(39)40-32(4,5)6)30(38)35(26-17-20(26)3)28(22-12-15-25(36)16-13-22)29(37)33-24-14-11-21-9-7-8-10-23(21)18-24/h7-16,18-20,26-28,36H,17H2,1-6H3,(H,33,37)(H,34,39). The van der Waals surface area contributed by atoms with E-state index in [1.54, 1.807) is 37.8 Å². The molecule has 0 heterocycles. The lowest BCUT2D eigenvalue weighted by Gasteiger charge is -2.36. The van der Waals surface area contributed by atoms with Crippen molar-refractivity contribution in [1.29, 1.82) is 0 Å². The van der Waals surface area contributed by atoms with Crippen LogP contribution >= 0.6 is 0 Å². The van der Waals surface area contributed by atoms with Gasteiger partial charge in [-0.3, -0.25) is 9.59 Å². The molecule has 4 unspecified atom stereocenters. The Morgan fingerprint density at radius 1 is 0.975 bits per heavy atom. The lowest BCUT2D eigenvalue weighted by atomic mass is 9.98. The minimum atomic E-state index is -0.990. The lowest BCUT2D eigenvalue weighted by Crippen LogP contribution is -2.55. The fourth-order valence-electron chi connectivity index (χ4n) is 4.85. The number of benzene rings is 3. The van der Waals surface area contributed by atoms with Crippen LogP contribution in [0.15, 0.2) is 66.7 Å². The quantitative estimate of drug-likeness (QED) is 0.321. The number of carbonyl (C=O) groups excluding carboxylic acids is 3. The van der Waals surface area contributed by atoms with Gasteiger partial charge in [0.05, 0.1) is 0 Å². The molecule has 1 aliphatic carbocycles. The molecule has 40 heavy (non-hydrogen) atoms. The van der Waals surface area contributed by atoms with Crippen LogP contribution in [0.1, 0.15) is 59.6 Å². The van der Waals surface area contributed by atoms with Crippen LogP contribution < -0.4 is 10.6 Å². The number of phenols is 1. The van der Waals surface area contributed by atoms with Crippen LogP contribution in [0.4, 0.5) is 10.5 Å². The maximum Gasteiger partial charge on any atom is 0.408 e. The van der Waals surface area contributed by atoms with Crippen molar-refractivity contribution in [3.63, 3.8) is 0 Å². The van der Waals surface area contributed by atoms with Gasteiger partial charge in [0, 0.05) is 11.7 Å². The topological polar surface area (TPSA) is 108 Å². The van der Waals surface area contributed by atoms with E-state index < -0.39 is 23.8 Å². The van der Waals surface area contributed by atoms with E-state index in [1.807, 2.05) is 63.2 Å². The van der Waals surface area contributed by atoms with Gasteiger partial charge in [0.25, 0.3) is 5.91 Å². The molecule has 212 valence electrons. The molecule has 4 rings (SSSR count). The number of ether oxygens (including phenoxy) is 1. The summed E-state index contributed by atoms with van der Waals surface area (Å²) in [5.41, 5.74) is 0.438. The van der Waals surface area contributed by atoms with Crippen LogP contribution in [0.2, 0.25) is 0 Å². The normalized spacial score (nSPS) is 18.1. The zero-order chi connectivity index (χ0) is 29.2. The number of nitrogens with zero attached hydrogens (tertiary/aromatic N) is 1. The van der Waals surface area contributed by atoms with Crippen LogP contribution in [0.5, 0.6) is 5.75 Å². The van der Waals surface area contributed by atoms with E-state index in [-0.39, 0.29) is 35.4 Å². The smallest absolute Gasteiger partial charge is 0.408 e. The largest absolute Gasteiger partial charge is 0.508 e. The van der Waals surface area contributed by atoms with Gasteiger partial charge in [-0.25, -0.2) is 4.79 Å². The number of alkyl carbamates (subject to hydrolysis) is 1. The number of rotatable bonds is 8. The number of phenolic OH excluding ortho intramolecular Hbond substituents is 1. The summed E-state index contributed by atoms with van der Waals surface area (Å²) in [6.07, 6.45) is 0.0473. The summed E-state index contributed by atoms with van der Waals surface area (Å²) in [6.45, 7) is 11.0. The second-order valence-electron chi connectivity index (χ2n) is 11.9. The van der Waals surface area contributed by atoms with Gasteiger partial charge in [0.2, 0.25) is 5.91 Å². The number of nitrogens with one attached hydrogen (secondary N) is 2. The molecule has 3 aromatic rings. The first-order valence-electron chi connectivity index (χ1n) is 13.7. The number of fused-ring (bicyclic) bond motifs is 1. The minimum absolute atomic E-state index is 0.0572. The summed E-state index contributed by atoms with van der Waals surface area (Å²) in [6, 6.07) is 17.8. The van der Waals surface area contributed by atoms with Crippen molar-refractivity contribution in [3.8, 4) is 5.75 Å². The molecule has 4 atom stereocenters. The van der Waals surface area contributed by atoms with E-state index in [0.717, 1.165) is 17.2 Å². The fraction of sp³-hybridized carbons (Fsp3) is 0.406. The number of aromatic hydroxyl groups is 1. The maximum atomic E-state index is 14.3. The maximum absolute atomic E-state index is 14.3. The van der Waals surface area contributed by atoms with Gasteiger partial charge >= 0.3 is 6.09 Å². The minimum Gasteiger partial charge on any atom is -0.508 e. The van der Waals surface area contributed by atoms with Gasteiger partial charge in [-0.15, -0.1) is 0 Å². The Morgan fingerprint density at radius 2 is 1.60 bits per heavy atom. The predicted molar refractivity (Wildman–Crippen MR) is 156 cm³/mol. The number of anilines is 1. The third-order valence-electron chi connectivity index (χ3n) is 7.04. The van der Waals surface area contributed by atoms with E-state index in [9.17, 15) is 19.5 Å². The molecule has 0 spiro atoms. The highest BCUT2D eigenvalue weighted by molar-refractivity contribution is 6.00. The zero-order valence-corrected chi connectivity index (χ0v) is 24.0. The van der Waals surface area contributed by atoms with Crippen molar-refractivity contribution in [3.05, 3.63) is 72.3 Å². The Bertz CT molecular complexity index is 1380. The van der Waals surface area contributed by atoms with Crippen LogP contribution in [0.25, 0.3) is 10.8 Å². The Hall–Kier alpha value is -4.07. The number of hydrogen-bond acceptors (Lipinski definition) is 5. The fourth-order valence-corrected chi connectivity index (χ4v) is 4.85. The summed E-state index contributed by atoms with van der Waals surface area (Å²) in [4.78, 5) is 42.6. The van der Waals surface area contributed by atoms with Crippen LogP contribution in [0, 0.1) is 11.8 Å². The van der Waals surface area contributed by atoms with Gasteiger partial charge in [-0.1, -0.05) is 63.2 Å². The van der Waals surface area contributed by atoms with E-state index in [1.165, 1.54) is 12.1 Å². The van der Waals surface area contributed by atoms with Gasteiger partial charge in [0.15, 0.2) is 0 Å². The summed E-state index contributed by atoms with van der Waals surface area (Å²) >= 11 is 0. The molecule has 8 nitrogen and oxygen atoms in total. The third kappa shape index (κ3) is 6.92. The van der Waals surface area contributed by atoms with Gasteiger partial charge < -0.3 is 25.4 Å². The van der Waals surface area contributed by atoms with Crippen molar-refractivity contribution in [2.24, 2.45) is 11.8 Å². The molecule has 1 saturated carbocycles. The SMILES string of the molecule is CC(C)C(NC(=O)OC(C)(C)C)C(=O)N(C(C(=O)Nc1ccc2ccccc2c1)c1ccc(O)cc1)C1CC1C. The Balaban J connectivity index is 1.70. The van der Waals surface area contributed by atoms with Gasteiger partial charge in [0.1, 0.15) is 23.4 Å². The molecule has 3 aromatic carbocycles. The predicted octanol–water partition coefficient (Wildman–Crippen LogP) is 6.01. The second kappa shape index (κ2) is 11.6. The van der Waals surface area contributed by atoms with Gasteiger partial charge in [-0.2, -0.15) is 0 Å². The van der Waals surface area contributed by atoms with Crippen molar-refractivity contribution < 1.29 is 24.2 Å². The van der Waals surface area contributed by atoms with Crippen LogP contribution in [0.3, 0.4) is 0 Å². The molecular formula is C32H39N3O5. The Labute approximate surface area is 235 Å². The summed E-state index contributed by atoms with van der Waals surface area (Å²) in [7, 11) is 0. The number of hydrogen-bond donors (Lipinski definition) is 3. The molecule has 3 N–H and O–H groups in total. The molecule has 3 amide bonds. The van der Waals surface area contributed by atoms with Crippen LogP contribution in [-0.4, -0.2) is 45.6 Å². The highest BCUT2D eigenvalue weighted by atomic mass is 16.6. The molecule has 8 heteroatoms. The average Bonchev–Trinajstić information content (AvgIpc) is 3.60. The first-order valence-corrected chi connectivity index (χ1v) is 13.7. The lowest BCUT2D eigenvalue weighted by molar-refractivity contribution is -0.142. The average molecular weight is 546 g/mol. The molecule has 0 radical (unpaired) electrons. The first-order chi connectivity index (χ1) is 18.8. The Kier molecular flexibility index (Phi) is 8.37. The number of carbonyl (C=O) groups is 3. The van der Waals surface area contributed by atoms with E-state index >= 15 is 0 Å². The Morgan fingerprint density at radius 3 is 2.17 bits per heavy atom. The highest BCUT2D eigenvalue weighted by Gasteiger charge is 2.48. The molecule has 1 aliphatic rings. The van der Waals surface area contributed by atoms with Crippen molar-refractivity contribution in [1.82, 2.24) is 10.2 Å². The van der Waals surface area contributed by atoms with E-state index in [0.29, 0.717) is 11.3 Å². The summed E-state index contributed by atoms with van der Waals surface area (Å²) in [5.74, 6) is -0.760. The molecule has 1 fully saturated rings. The summed E-state index contributed by atoms with van der Waals surface area (Å²) in [5, 5.41) is 17.7. The molecular weight excluding hydrogens is 506 g/mol. The molecule has 0 bridgehead atoms. The highest BCUT2D eigenvalue weighted by Crippen LogP contribution is 2.41. The van der Waals surface area contributed by atoms with Crippen LogP contribution in [-0.2, 0) is 14.3 Å². The zero-order valence-electron chi connectivity index (χ0n) is 24.0. The third-order valence-corrected chi connectivity index (χ3v) is 7.04. The van der Waals surface area contributed by atoms with E-state index in [2.05, 4.69) is 10.6 Å². The first kappa shape index (κ1) is 28.9. The van der Waals surface area contributed by atoms with Gasteiger partial charge in [-0.05, 0) is 79.6 Å². The van der Waals surface area contributed by atoms with Crippen molar-refractivity contribution in [2.75, 3.05) is 5.32 Å². The van der Waals surface area contributed by atoms with Crippen molar-refractivity contribution >= 4 is 34.4 Å². The van der Waals surface area contributed by atoms with Crippen molar-refractivity contribution in [2.45, 2.75) is 71.7 Å². The monoisotopic (exact) mass is 545 g/mol. The molecule has 0 aromatic heterocycles.